The van der Waals surface area contributed by atoms with E-state index in [-0.39, 0.29) is 41.9 Å². The highest BCUT2D eigenvalue weighted by Gasteiger charge is 2.43. The first kappa shape index (κ1) is 24.4. The number of aryl methyl sites for hydroxylation is 2. The maximum Gasteiger partial charge on any atom is 0.586 e. The lowest BCUT2D eigenvalue weighted by Gasteiger charge is -2.11. The maximum atomic E-state index is 13.2. The number of H-pyrrole nitrogens is 1. The molecular formula is C23H27F2N5O5. The molecule has 2 aromatic heterocycles. The van der Waals surface area contributed by atoms with E-state index >= 15 is 0 Å². The number of alkyl halides is 2. The molecule has 2 N–H and O–H groups in total. The fraction of sp³-hybridized carbons (Fsp3) is 0.478. The van der Waals surface area contributed by atoms with E-state index in [4.69, 9.17) is 0 Å². The zero-order valence-electron chi connectivity index (χ0n) is 19.7. The van der Waals surface area contributed by atoms with Gasteiger partial charge in [-0.25, -0.2) is 9.78 Å². The Morgan fingerprint density at radius 3 is 2.66 bits per heavy atom. The Labute approximate surface area is 198 Å². The Bertz CT molecular complexity index is 1380. The summed E-state index contributed by atoms with van der Waals surface area (Å²) < 4.78 is 38.4. The Hall–Kier alpha value is -3.70. The molecule has 0 radical (unpaired) electrons. The number of benzene rings is 1. The summed E-state index contributed by atoms with van der Waals surface area (Å²) in [5.74, 6) is 0.0271. The summed E-state index contributed by atoms with van der Waals surface area (Å²) in [5.41, 5.74) is -0.140. The predicted octanol–water partition coefficient (Wildman–Crippen LogP) is 3.24. The fourth-order valence-electron chi connectivity index (χ4n) is 3.97. The number of aromatic amines is 1. The topological polar surface area (TPSA) is 120 Å². The third-order valence-electron chi connectivity index (χ3n) is 5.51. The van der Waals surface area contributed by atoms with Crippen LogP contribution in [-0.4, -0.2) is 31.3 Å². The molecule has 1 aliphatic heterocycles. The lowest BCUT2D eigenvalue weighted by atomic mass is 10.2. The van der Waals surface area contributed by atoms with Crippen LogP contribution in [0.3, 0.4) is 0 Å². The van der Waals surface area contributed by atoms with Crippen molar-refractivity contribution in [1.29, 1.82) is 0 Å². The number of carbonyl (C=O) groups is 1. The van der Waals surface area contributed by atoms with E-state index in [2.05, 4.69) is 24.8 Å². The smallest absolute Gasteiger partial charge is 0.395 e. The van der Waals surface area contributed by atoms with Gasteiger partial charge in [-0.2, -0.15) is 0 Å². The quantitative estimate of drug-likeness (QED) is 0.474. The molecule has 4 rings (SSSR count). The number of halogens is 2. The van der Waals surface area contributed by atoms with Crippen LogP contribution in [0, 0.1) is 5.92 Å². The second-order valence-corrected chi connectivity index (χ2v) is 8.85. The largest absolute Gasteiger partial charge is 0.586 e. The van der Waals surface area contributed by atoms with Crippen molar-refractivity contribution in [2.45, 2.75) is 65.8 Å². The van der Waals surface area contributed by atoms with Crippen LogP contribution in [0.1, 0.15) is 45.9 Å². The first-order valence-electron chi connectivity index (χ1n) is 11.5. The van der Waals surface area contributed by atoms with Crippen molar-refractivity contribution in [2.24, 2.45) is 5.92 Å². The monoisotopic (exact) mass is 491 g/mol. The Balaban J connectivity index is 1.57. The van der Waals surface area contributed by atoms with Crippen LogP contribution in [-0.2, 0) is 24.3 Å². The van der Waals surface area contributed by atoms with Crippen LogP contribution in [0.25, 0.3) is 11.2 Å². The molecule has 0 unspecified atom stereocenters. The number of fused-ring (bicyclic) bond motifs is 2. The summed E-state index contributed by atoms with van der Waals surface area (Å²) in [6.45, 7) is 6.89. The van der Waals surface area contributed by atoms with Crippen molar-refractivity contribution in [2.75, 3.05) is 5.32 Å². The molecule has 0 saturated carbocycles. The number of aromatic nitrogens is 4. The normalized spacial score (nSPS) is 14.1. The second-order valence-electron chi connectivity index (χ2n) is 8.85. The highest BCUT2D eigenvalue weighted by molar-refractivity contribution is 5.91. The summed E-state index contributed by atoms with van der Waals surface area (Å²) in [6.07, 6.45) is -1.90. The molecule has 0 spiro atoms. The third-order valence-corrected chi connectivity index (χ3v) is 5.51. The highest BCUT2D eigenvalue weighted by Crippen LogP contribution is 2.42. The van der Waals surface area contributed by atoms with Crippen LogP contribution in [0.15, 0.2) is 27.8 Å². The molecule has 1 amide bonds. The number of unbranched alkanes of at least 4 members (excludes halogenated alkanes) is 1. The average molecular weight is 491 g/mol. The Morgan fingerprint density at radius 1 is 1.20 bits per heavy atom. The van der Waals surface area contributed by atoms with Crippen LogP contribution < -0.4 is 26.0 Å². The third kappa shape index (κ3) is 5.20. The van der Waals surface area contributed by atoms with Gasteiger partial charge in [0.15, 0.2) is 22.7 Å². The number of rotatable bonds is 9. The van der Waals surface area contributed by atoms with Crippen molar-refractivity contribution in [3.8, 4) is 11.5 Å². The van der Waals surface area contributed by atoms with E-state index in [9.17, 15) is 23.2 Å². The van der Waals surface area contributed by atoms with Gasteiger partial charge in [0.1, 0.15) is 5.82 Å². The minimum Gasteiger partial charge on any atom is -0.395 e. The molecule has 3 aromatic rings. The van der Waals surface area contributed by atoms with Crippen molar-refractivity contribution >= 4 is 22.8 Å². The van der Waals surface area contributed by atoms with Gasteiger partial charge in [-0.1, -0.05) is 27.2 Å². The van der Waals surface area contributed by atoms with Gasteiger partial charge in [-0.05, 0) is 24.5 Å². The van der Waals surface area contributed by atoms with Gasteiger partial charge in [-0.15, -0.1) is 8.78 Å². The number of hydrogen-bond acceptors (Lipinski definition) is 6. The molecule has 0 bridgehead atoms. The van der Waals surface area contributed by atoms with E-state index in [1.165, 1.54) is 22.8 Å². The van der Waals surface area contributed by atoms with E-state index in [0.717, 1.165) is 12.8 Å². The van der Waals surface area contributed by atoms with Gasteiger partial charge in [0, 0.05) is 37.7 Å². The number of nitrogens with one attached hydrogen (secondary N) is 2. The number of nitrogens with zero attached hydrogens (tertiary/aromatic N) is 3. The molecule has 35 heavy (non-hydrogen) atoms. The molecule has 0 aliphatic carbocycles. The zero-order chi connectivity index (χ0) is 25.3. The SMILES string of the molecule is CCCCn1c(=O)[nH]c(=O)c2c1nc(CCC(=O)Nc1ccc3c(c1)OC(F)(F)O3)n2CC(C)C. The molecule has 0 atom stereocenters. The molecular weight excluding hydrogens is 464 g/mol. The molecule has 0 fully saturated rings. The van der Waals surface area contributed by atoms with Crippen molar-refractivity contribution in [3.63, 3.8) is 0 Å². The van der Waals surface area contributed by atoms with Crippen molar-refractivity contribution in [3.05, 3.63) is 44.9 Å². The molecule has 1 aromatic carbocycles. The van der Waals surface area contributed by atoms with E-state index in [1.807, 2.05) is 20.8 Å². The minimum absolute atomic E-state index is 0.0170. The zero-order valence-corrected chi connectivity index (χ0v) is 19.7. The van der Waals surface area contributed by atoms with Gasteiger partial charge in [0.25, 0.3) is 5.56 Å². The first-order chi connectivity index (χ1) is 16.6. The summed E-state index contributed by atoms with van der Waals surface area (Å²) in [6, 6.07) is 3.98. The van der Waals surface area contributed by atoms with Gasteiger partial charge in [-0.3, -0.25) is 19.1 Å². The molecule has 10 nitrogen and oxygen atoms in total. The summed E-state index contributed by atoms with van der Waals surface area (Å²) in [4.78, 5) is 44.7. The van der Waals surface area contributed by atoms with E-state index in [1.54, 1.807) is 4.57 Å². The molecule has 188 valence electrons. The molecule has 1 aliphatic rings. The highest BCUT2D eigenvalue weighted by atomic mass is 19.3. The van der Waals surface area contributed by atoms with Crippen molar-refractivity contribution < 1.29 is 23.0 Å². The maximum absolute atomic E-state index is 13.2. The van der Waals surface area contributed by atoms with Gasteiger partial charge in [0.2, 0.25) is 5.91 Å². The predicted molar refractivity (Wildman–Crippen MR) is 124 cm³/mol. The second kappa shape index (κ2) is 9.51. The van der Waals surface area contributed by atoms with Crippen LogP contribution >= 0.6 is 0 Å². The van der Waals surface area contributed by atoms with E-state index in [0.29, 0.717) is 30.1 Å². The first-order valence-corrected chi connectivity index (χ1v) is 11.5. The minimum atomic E-state index is -3.74. The summed E-state index contributed by atoms with van der Waals surface area (Å²) in [5, 5.41) is 2.64. The Morgan fingerprint density at radius 2 is 1.94 bits per heavy atom. The average Bonchev–Trinajstić information content (AvgIpc) is 3.27. The number of carbonyl (C=O) groups excluding carboxylic acids is 1. The van der Waals surface area contributed by atoms with Gasteiger partial charge >= 0.3 is 12.0 Å². The summed E-state index contributed by atoms with van der Waals surface area (Å²) in [7, 11) is 0. The summed E-state index contributed by atoms with van der Waals surface area (Å²) >= 11 is 0. The lowest BCUT2D eigenvalue weighted by Crippen LogP contribution is -2.31. The number of hydrogen-bond donors (Lipinski definition) is 2. The van der Waals surface area contributed by atoms with Gasteiger partial charge in [0.05, 0.1) is 0 Å². The lowest BCUT2D eigenvalue weighted by molar-refractivity contribution is -0.286. The number of ether oxygens (including phenoxy) is 2. The number of anilines is 1. The van der Waals surface area contributed by atoms with Crippen molar-refractivity contribution in [1.82, 2.24) is 19.1 Å². The molecule has 0 saturated heterocycles. The van der Waals surface area contributed by atoms with E-state index < -0.39 is 17.5 Å². The van der Waals surface area contributed by atoms with Crippen LogP contribution in [0.4, 0.5) is 14.5 Å². The van der Waals surface area contributed by atoms with Gasteiger partial charge < -0.3 is 19.4 Å². The number of imidazole rings is 1. The fourth-order valence-corrected chi connectivity index (χ4v) is 3.97. The number of amides is 1. The standard InChI is InChI=1S/C23H27F2N5O5/c1-4-5-10-29-20-19(21(32)28-22(29)33)30(12-13(2)3)17(27-20)8-9-18(31)26-14-6-7-15-16(11-14)35-23(24,25)34-15/h6-7,11,13H,4-5,8-10,12H2,1-3H3,(H,26,31)(H,28,32,33). The molecule has 3 heterocycles. The Kier molecular flexibility index (Phi) is 6.64. The van der Waals surface area contributed by atoms with Crippen LogP contribution in [0.5, 0.6) is 11.5 Å². The molecule has 12 heteroatoms. The van der Waals surface area contributed by atoms with Crippen LogP contribution in [0.2, 0.25) is 0 Å².